The molecule has 0 aliphatic rings. The number of azo groups is 1. The summed E-state index contributed by atoms with van der Waals surface area (Å²) >= 11 is 7.54. The molecule has 0 atom stereocenters. The van der Waals surface area contributed by atoms with Crippen molar-refractivity contribution in [3.05, 3.63) is 101 Å². The van der Waals surface area contributed by atoms with Crippen LogP contribution in [-0.4, -0.2) is 193 Å². The number of H-pyrrole nitrogens is 1. The van der Waals surface area contributed by atoms with Crippen molar-refractivity contribution in [2.24, 2.45) is 15.2 Å². The Morgan fingerprint density at radius 2 is 1.43 bits per heavy atom. The van der Waals surface area contributed by atoms with Crippen LogP contribution in [0.5, 0.6) is 5.75 Å². The number of rotatable bonds is 10. The predicted octanol–water partition coefficient (Wildman–Crippen LogP) is 5.21. The molecule has 7 aromatic rings. The maximum Gasteiger partial charge on any atom is 0.337 e. The van der Waals surface area contributed by atoms with Crippen LogP contribution in [0.15, 0.2) is 109 Å². The summed E-state index contributed by atoms with van der Waals surface area (Å²) < 4.78 is 103. The molecule has 4 radical (unpaired) electrons. The summed E-state index contributed by atoms with van der Waals surface area (Å²) in [5.41, 5.74) is -0.461. The van der Waals surface area contributed by atoms with Gasteiger partial charge in [-0.15, -0.1) is 21.6 Å². The first-order valence-corrected chi connectivity index (χ1v) is 21.6. The van der Waals surface area contributed by atoms with Crippen LogP contribution < -0.4 is 10.9 Å². The van der Waals surface area contributed by atoms with E-state index in [4.69, 9.17) is 11.6 Å². The monoisotopic (exact) mass is 990 g/mol. The average molecular weight is 991 g/mol. The molecule has 0 aliphatic carbocycles. The Balaban J connectivity index is 0.00000264. The molecule has 0 amide bonds. The third-order valence-electron chi connectivity index (χ3n) is 8.28. The molecule has 7 N–H and O–H groups in total. The van der Waals surface area contributed by atoms with Crippen molar-refractivity contribution in [1.29, 1.82) is 0 Å². The van der Waals surface area contributed by atoms with Gasteiger partial charge in [0.2, 0.25) is 16.9 Å². The first-order valence-electron chi connectivity index (χ1n) is 16.1. The number of aryl methyl sites for hydroxylation is 1. The number of hydrogen-bond donors (Lipinski definition) is 7. The number of aromatic amines is 1. The summed E-state index contributed by atoms with van der Waals surface area (Å²) in [7, 11) is -14.7. The molecule has 0 spiro atoms. The molecule has 306 valence electrons. The number of aromatic hydroxyl groups is 1. The molecule has 20 nitrogen and oxygen atoms in total. The van der Waals surface area contributed by atoms with Gasteiger partial charge in [0.25, 0.3) is 30.4 Å². The first-order chi connectivity index (χ1) is 27.7. The van der Waals surface area contributed by atoms with E-state index in [2.05, 4.69) is 40.5 Å². The van der Waals surface area contributed by atoms with Crippen molar-refractivity contribution in [3.8, 4) is 16.3 Å². The molecule has 0 fully saturated rings. The second kappa shape index (κ2) is 21.6. The number of carbonyl (C=O) groups is 1. The largest absolute Gasteiger partial charge is 0.505 e. The van der Waals surface area contributed by atoms with E-state index in [1.165, 1.54) is 41.7 Å². The van der Waals surface area contributed by atoms with E-state index in [0.717, 1.165) is 18.2 Å². The Morgan fingerprint density at radius 1 is 0.778 bits per heavy atom. The van der Waals surface area contributed by atoms with Gasteiger partial charge in [0, 0.05) is 129 Å². The molecule has 0 saturated heterocycles. The molecule has 29 heteroatoms. The van der Waals surface area contributed by atoms with Crippen LogP contribution >= 0.6 is 22.9 Å². The van der Waals surface area contributed by atoms with Gasteiger partial charge in [0.05, 0.1) is 36.6 Å². The van der Waals surface area contributed by atoms with E-state index in [1.54, 1.807) is 37.3 Å². The number of nitrogens with zero attached hydrogens (tertiary/aromatic N) is 6. The van der Waals surface area contributed by atoms with Crippen molar-refractivity contribution in [2.45, 2.75) is 21.6 Å². The molecule has 0 bridgehead atoms. The van der Waals surface area contributed by atoms with E-state index >= 15 is 0 Å². The van der Waals surface area contributed by atoms with Crippen LogP contribution in [0, 0.1) is 6.92 Å². The van der Waals surface area contributed by atoms with Gasteiger partial charge in [-0.25, -0.2) is 14.8 Å². The molecule has 63 heavy (non-hydrogen) atoms. The topological polar surface area (TPSA) is 324 Å². The number of fused-ring (bicyclic) bond motifs is 2. The van der Waals surface area contributed by atoms with E-state index in [1.807, 2.05) is 0 Å². The molecule has 7 rings (SSSR count). The number of halogens is 1. The standard InChI is InChI=1S/C34H23ClN8O12S4.4Na/c1-15-10-24-22(14-25(15)58(50,51)52)37-30(56-24)16-6-8-18(9-7-16)36-33-39-32(35)40-34(41-33)38-23-13-19(57(47,48)49)11-17-12-26(59(53,54)55)28(29(44)27(17)23)43-42-21-5-3-2-4-20(21)31(45)46;;;;/h2-14,44H,1H3,(H,45,46)(H,47,48,49)(H,50,51,52)(H,53,54,55)(H2,36,38,39,40,41);;;;. The molecule has 2 heterocycles. The maximum atomic E-state index is 12.5. The minimum atomic E-state index is -5.23. The zero-order valence-corrected chi connectivity index (χ0v) is 45.3. The smallest absolute Gasteiger partial charge is 0.337 e. The van der Waals surface area contributed by atoms with Gasteiger partial charge in [0.15, 0.2) is 5.75 Å². The van der Waals surface area contributed by atoms with Gasteiger partial charge >= 0.3 is 5.97 Å². The van der Waals surface area contributed by atoms with E-state index < -0.39 is 63.2 Å². The van der Waals surface area contributed by atoms with Gasteiger partial charge in [-0.1, -0.05) is 12.1 Å². The Labute approximate surface area is 454 Å². The fraction of sp³-hybridized carbons (Fsp3) is 0.0294. The van der Waals surface area contributed by atoms with Crippen LogP contribution in [0.25, 0.3) is 31.6 Å². The number of benzene rings is 5. The Morgan fingerprint density at radius 3 is 2.05 bits per heavy atom. The number of aromatic carboxylic acids is 1. The predicted molar refractivity (Wildman–Crippen MR) is 235 cm³/mol. The minimum Gasteiger partial charge on any atom is -0.505 e. The fourth-order valence-electron chi connectivity index (χ4n) is 5.69. The van der Waals surface area contributed by atoms with Crippen molar-refractivity contribution in [1.82, 2.24) is 19.9 Å². The van der Waals surface area contributed by atoms with Crippen LogP contribution in [0.2, 0.25) is 5.28 Å². The normalized spacial score (nSPS) is 12.0. The number of carboxylic acids is 1. The van der Waals surface area contributed by atoms with E-state index in [0.29, 0.717) is 32.0 Å². The van der Waals surface area contributed by atoms with E-state index in [9.17, 15) is 53.9 Å². The van der Waals surface area contributed by atoms with Crippen LogP contribution in [0.1, 0.15) is 15.9 Å². The van der Waals surface area contributed by atoms with Crippen LogP contribution in [0.3, 0.4) is 0 Å². The third-order valence-corrected chi connectivity index (χ3v) is 12.2. The molecular weight excluding hydrogens is 968 g/mol. The second-order valence-corrected chi connectivity index (χ2v) is 17.9. The Hall–Kier alpha value is -2.25. The number of carboxylic acid groups (broad SMARTS) is 1. The number of phenols is 1. The average Bonchev–Trinajstić information content (AvgIpc) is 3.55. The van der Waals surface area contributed by atoms with Gasteiger partial charge in [-0.3, -0.25) is 18.6 Å². The number of nitrogens with one attached hydrogen (secondary N) is 2. The maximum absolute atomic E-state index is 12.5. The van der Waals surface area contributed by atoms with Crippen molar-refractivity contribution in [3.63, 3.8) is 0 Å². The number of hydrogen-bond acceptors (Lipinski definition) is 16. The summed E-state index contributed by atoms with van der Waals surface area (Å²) in [5.74, 6) is -2.55. The number of thiazole rings is 1. The Bertz CT molecular complexity index is 3380. The Kier molecular flexibility index (Phi) is 18.9. The summed E-state index contributed by atoms with van der Waals surface area (Å²) in [4.78, 5) is 29.2. The fourth-order valence-corrected chi connectivity index (χ4v) is 8.82. The van der Waals surface area contributed by atoms with Crippen LogP contribution in [0.4, 0.5) is 28.7 Å². The van der Waals surface area contributed by atoms with Gasteiger partial charge in [-0.05, 0) is 96.2 Å². The van der Waals surface area contributed by atoms with Gasteiger partial charge < -0.3 is 15.5 Å². The molecule has 0 aliphatic heterocycles. The minimum absolute atomic E-state index is 0. The molecule has 0 unspecified atom stereocenters. The van der Waals surface area contributed by atoms with Crippen molar-refractivity contribution in [2.75, 3.05) is 5.32 Å². The van der Waals surface area contributed by atoms with Crippen molar-refractivity contribution >= 4 is 227 Å². The number of aromatic nitrogens is 4. The zero-order valence-electron chi connectivity index (χ0n) is 33.3. The SMILES string of the molecule is Cc1cc2sc(-c3ccc(Nc4nc(Cl)[nH]c(=Nc5cc(S(=O)(=O)O)cc6cc(S(=O)(=O)O)c(N=Nc7ccccc7C(=O)O)c(O)c56)n4)cc3)nc2cc1S(=O)(=O)O.[Na].[Na].[Na].[Na]. The quantitative estimate of drug-likeness (QED) is 0.0525. The van der Waals surface area contributed by atoms with Crippen molar-refractivity contribution < 1.29 is 53.9 Å². The van der Waals surface area contributed by atoms with E-state index in [-0.39, 0.29) is 162 Å². The molecule has 5 aromatic carbocycles. The number of phenolic OH excluding ortho intramolecular Hbond substituents is 1. The summed E-state index contributed by atoms with van der Waals surface area (Å²) in [5, 5.41) is 31.0. The first kappa shape index (κ1) is 55.1. The summed E-state index contributed by atoms with van der Waals surface area (Å²) in [6, 6.07) is 17.2. The number of anilines is 2. The zero-order chi connectivity index (χ0) is 42.6. The molecular formula is C34H23ClN8Na4O12S4. The third kappa shape index (κ3) is 12.6. The second-order valence-electron chi connectivity index (χ2n) is 12.3. The van der Waals surface area contributed by atoms with Gasteiger partial charge in [-0.2, -0.15) is 35.2 Å². The summed E-state index contributed by atoms with van der Waals surface area (Å²) in [6.07, 6.45) is 0. The van der Waals surface area contributed by atoms with Crippen LogP contribution in [-0.2, 0) is 30.4 Å². The molecule has 2 aromatic heterocycles. The summed E-state index contributed by atoms with van der Waals surface area (Å²) in [6.45, 7) is 1.55. The molecule has 0 saturated carbocycles. The van der Waals surface area contributed by atoms with Gasteiger partial charge in [0.1, 0.15) is 21.3 Å².